The van der Waals surface area contributed by atoms with Crippen molar-refractivity contribution >= 4 is 28.6 Å². The van der Waals surface area contributed by atoms with E-state index in [0.29, 0.717) is 23.9 Å². The van der Waals surface area contributed by atoms with Crippen molar-refractivity contribution in [2.75, 3.05) is 24.6 Å². The van der Waals surface area contributed by atoms with E-state index in [4.69, 9.17) is 0 Å². The van der Waals surface area contributed by atoms with Gasteiger partial charge in [0.15, 0.2) is 5.69 Å². The van der Waals surface area contributed by atoms with Crippen molar-refractivity contribution in [3.05, 3.63) is 69.6 Å². The summed E-state index contributed by atoms with van der Waals surface area (Å²) >= 11 is 0. The molecule has 0 fully saturated rings. The molecular formula is C23H27N5O3. The third kappa shape index (κ3) is 4.80. The molecule has 3 aromatic rings. The van der Waals surface area contributed by atoms with E-state index in [1.807, 2.05) is 32.0 Å². The smallest absolute Gasteiger partial charge is 0.292 e. The second-order valence-electron chi connectivity index (χ2n) is 7.06. The van der Waals surface area contributed by atoms with E-state index in [1.165, 1.54) is 4.68 Å². The quantitative estimate of drug-likeness (QED) is 0.429. The lowest BCUT2D eigenvalue weighted by molar-refractivity contribution is 0.0949. The van der Waals surface area contributed by atoms with Crippen LogP contribution in [0.1, 0.15) is 35.5 Å². The third-order valence-corrected chi connectivity index (χ3v) is 5.12. The zero-order valence-electron chi connectivity index (χ0n) is 18.0. The maximum absolute atomic E-state index is 12.7. The fraction of sp³-hybridized carbons (Fsp3) is 0.304. The van der Waals surface area contributed by atoms with E-state index in [2.05, 4.69) is 20.5 Å². The first-order valence-corrected chi connectivity index (χ1v) is 10.3. The minimum absolute atomic E-state index is 0.0935. The molecule has 0 unspecified atom stereocenters. The summed E-state index contributed by atoms with van der Waals surface area (Å²) in [6, 6.07) is 12.8. The van der Waals surface area contributed by atoms with Gasteiger partial charge in [-0.1, -0.05) is 24.3 Å². The zero-order chi connectivity index (χ0) is 22.4. The lowest BCUT2D eigenvalue weighted by Gasteiger charge is -2.22. The Morgan fingerprint density at radius 2 is 1.97 bits per heavy atom. The predicted molar refractivity (Wildman–Crippen MR) is 123 cm³/mol. The lowest BCUT2D eigenvalue weighted by Crippen LogP contribution is -2.28. The molecule has 0 spiro atoms. The van der Waals surface area contributed by atoms with Gasteiger partial charge in [-0.25, -0.2) is 10.1 Å². The maximum atomic E-state index is 12.7. The van der Waals surface area contributed by atoms with Crippen LogP contribution in [-0.2, 0) is 6.54 Å². The minimum atomic E-state index is -0.482. The first-order chi connectivity index (χ1) is 15.0. The lowest BCUT2D eigenvalue weighted by atomic mass is 10.1. The van der Waals surface area contributed by atoms with E-state index in [-0.39, 0.29) is 17.9 Å². The van der Waals surface area contributed by atoms with Gasteiger partial charge in [0.1, 0.15) is 0 Å². The highest BCUT2D eigenvalue weighted by atomic mass is 16.3. The fourth-order valence-electron chi connectivity index (χ4n) is 3.42. The largest absolute Gasteiger partial charge is 0.395 e. The predicted octanol–water partition coefficient (Wildman–Crippen LogP) is 2.31. The van der Waals surface area contributed by atoms with Gasteiger partial charge in [0.2, 0.25) is 0 Å². The molecule has 0 atom stereocenters. The number of benzene rings is 2. The van der Waals surface area contributed by atoms with E-state index < -0.39 is 5.91 Å². The minimum Gasteiger partial charge on any atom is -0.395 e. The molecular weight excluding hydrogens is 394 g/mol. The molecule has 0 saturated carbocycles. The SMILES string of the molecule is CCN(CCO)c1ccc(/C=N\NC(=O)c2nn(CC)c(=O)c3ccccc23)c(C)c1. The number of rotatable bonds is 8. The maximum Gasteiger partial charge on any atom is 0.292 e. The second-order valence-corrected chi connectivity index (χ2v) is 7.06. The number of fused-ring (bicyclic) bond motifs is 1. The molecule has 0 saturated heterocycles. The second kappa shape index (κ2) is 9.99. The average molecular weight is 422 g/mol. The number of aromatic nitrogens is 2. The first-order valence-electron chi connectivity index (χ1n) is 10.3. The van der Waals surface area contributed by atoms with E-state index in [9.17, 15) is 14.7 Å². The summed E-state index contributed by atoms with van der Waals surface area (Å²) in [5.74, 6) is -0.482. The standard InChI is InChI=1S/C23H27N5O3/c1-4-27(12-13-29)18-11-10-17(16(3)14-18)15-24-25-22(30)21-19-8-6-7-9-20(19)23(31)28(5-2)26-21/h6-11,14-15,29H,4-5,12-13H2,1-3H3,(H,25,30)/b24-15-. The normalized spacial score (nSPS) is 11.2. The van der Waals surface area contributed by atoms with Gasteiger partial charge in [-0.15, -0.1) is 0 Å². The van der Waals surface area contributed by atoms with Crippen molar-refractivity contribution < 1.29 is 9.90 Å². The van der Waals surface area contributed by atoms with Gasteiger partial charge in [0.25, 0.3) is 11.5 Å². The molecule has 0 aliphatic heterocycles. The van der Waals surface area contributed by atoms with E-state index >= 15 is 0 Å². The summed E-state index contributed by atoms with van der Waals surface area (Å²) in [4.78, 5) is 27.2. The topological polar surface area (TPSA) is 99.8 Å². The number of likely N-dealkylation sites (N-methyl/N-ethyl adjacent to an activating group) is 1. The summed E-state index contributed by atoms with van der Waals surface area (Å²) in [5.41, 5.74) is 5.32. The molecule has 31 heavy (non-hydrogen) atoms. The molecule has 8 heteroatoms. The van der Waals surface area contributed by atoms with Crippen molar-refractivity contribution in [3.8, 4) is 0 Å². The number of hydrogen-bond donors (Lipinski definition) is 2. The Balaban J connectivity index is 1.81. The van der Waals surface area contributed by atoms with Crippen LogP contribution in [0.3, 0.4) is 0 Å². The Bertz CT molecular complexity index is 1170. The molecule has 1 aromatic heterocycles. The van der Waals surface area contributed by atoms with Crippen LogP contribution in [0.5, 0.6) is 0 Å². The zero-order valence-corrected chi connectivity index (χ0v) is 18.0. The summed E-state index contributed by atoms with van der Waals surface area (Å²) in [6.45, 7) is 7.63. The van der Waals surface area contributed by atoms with E-state index in [1.54, 1.807) is 37.4 Å². The van der Waals surface area contributed by atoms with Crippen molar-refractivity contribution in [3.63, 3.8) is 0 Å². The Kier molecular flexibility index (Phi) is 7.15. The molecule has 3 rings (SSSR count). The van der Waals surface area contributed by atoms with Gasteiger partial charge in [0, 0.05) is 30.7 Å². The number of amides is 1. The highest BCUT2D eigenvalue weighted by molar-refractivity contribution is 6.05. The summed E-state index contributed by atoms with van der Waals surface area (Å²) < 4.78 is 1.27. The Morgan fingerprint density at radius 1 is 1.23 bits per heavy atom. The molecule has 2 N–H and O–H groups in total. The summed E-state index contributed by atoms with van der Waals surface area (Å²) in [7, 11) is 0. The number of carbonyl (C=O) groups is 1. The molecule has 0 bridgehead atoms. The van der Waals surface area contributed by atoms with Crippen LogP contribution in [-0.4, -0.2) is 46.7 Å². The van der Waals surface area contributed by atoms with Crippen LogP contribution in [0.2, 0.25) is 0 Å². The van der Waals surface area contributed by atoms with Crippen LogP contribution < -0.4 is 15.9 Å². The molecule has 162 valence electrons. The number of aliphatic hydroxyl groups excluding tert-OH is 1. The Morgan fingerprint density at radius 3 is 2.61 bits per heavy atom. The highest BCUT2D eigenvalue weighted by Crippen LogP contribution is 2.18. The van der Waals surface area contributed by atoms with Crippen molar-refractivity contribution in [2.45, 2.75) is 27.3 Å². The van der Waals surface area contributed by atoms with Crippen LogP contribution in [0.25, 0.3) is 10.8 Å². The van der Waals surface area contributed by atoms with Crippen molar-refractivity contribution in [1.29, 1.82) is 0 Å². The molecule has 0 aliphatic carbocycles. The van der Waals surface area contributed by atoms with Crippen LogP contribution in [0.15, 0.2) is 52.4 Å². The number of nitrogens with zero attached hydrogens (tertiary/aromatic N) is 4. The summed E-state index contributed by atoms with van der Waals surface area (Å²) in [6.07, 6.45) is 1.58. The van der Waals surface area contributed by atoms with Crippen molar-refractivity contribution in [1.82, 2.24) is 15.2 Å². The molecule has 1 heterocycles. The Labute approximate surface area is 180 Å². The van der Waals surface area contributed by atoms with Crippen molar-refractivity contribution in [2.24, 2.45) is 5.10 Å². The number of nitrogens with one attached hydrogen (secondary N) is 1. The number of hydrazone groups is 1. The number of anilines is 1. The summed E-state index contributed by atoms with van der Waals surface area (Å²) in [5, 5.41) is 18.4. The van der Waals surface area contributed by atoms with Crippen LogP contribution >= 0.6 is 0 Å². The monoisotopic (exact) mass is 421 g/mol. The third-order valence-electron chi connectivity index (χ3n) is 5.12. The molecule has 2 aromatic carbocycles. The van der Waals surface area contributed by atoms with Crippen LogP contribution in [0, 0.1) is 6.92 Å². The average Bonchev–Trinajstić information content (AvgIpc) is 2.79. The highest BCUT2D eigenvalue weighted by Gasteiger charge is 2.15. The van der Waals surface area contributed by atoms with Gasteiger partial charge in [0.05, 0.1) is 18.2 Å². The van der Waals surface area contributed by atoms with Gasteiger partial charge >= 0.3 is 0 Å². The van der Waals surface area contributed by atoms with Gasteiger partial charge in [-0.05, 0) is 50.1 Å². The number of aryl methyl sites for hydroxylation is 2. The van der Waals surface area contributed by atoms with Gasteiger partial charge in [-0.3, -0.25) is 9.59 Å². The van der Waals surface area contributed by atoms with Crippen LogP contribution in [0.4, 0.5) is 5.69 Å². The Hall–Kier alpha value is -3.52. The number of aliphatic hydroxyl groups is 1. The molecule has 0 aliphatic rings. The fourth-order valence-corrected chi connectivity index (χ4v) is 3.42. The first kappa shape index (κ1) is 22.2. The van der Waals surface area contributed by atoms with Gasteiger partial charge < -0.3 is 10.0 Å². The molecule has 8 nitrogen and oxygen atoms in total. The number of hydrogen-bond acceptors (Lipinski definition) is 6. The van der Waals surface area contributed by atoms with Gasteiger partial charge in [-0.2, -0.15) is 10.2 Å². The molecule has 1 amide bonds. The molecule has 0 radical (unpaired) electrons. The van der Waals surface area contributed by atoms with E-state index in [0.717, 1.165) is 23.4 Å². The number of carbonyl (C=O) groups excluding carboxylic acids is 1.